The third-order valence-corrected chi connectivity index (χ3v) is 2.55. The van der Waals surface area contributed by atoms with Gasteiger partial charge in [0.05, 0.1) is 5.56 Å². The Balaban J connectivity index is 2.30. The van der Waals surface area contributed by atoms with Gasteiger partial charge in [0.2, 0.25) is 0 Å². The molecule has 1 heterocycles. The molecule has 1 aromatic carbocycles. The molecule has 1 N–H and O–H groups in total. The average Bonchev–Trinajstić information content (AvgIpc) is 1.97. The number of alkyl halides is 3. The summed E-state index contributed by atoms with van der Waals surface area (Å²) in [4.78, 5) is 0. The highest BCUT2D eigenvalue weighted by Gasteiger charge is 2.34. The maximum Gasteiger partial charge on any atom is 0.419 e. The highest BCUT2D eigenvalue weighted by molar-refractivity contribution is 5.30. The first kappa shape index (κ1) is 10.4. The normalized spacial score (nSPS) is 17.6. The van der Waals surface area contributed by atoms with E-state index in [-0.39, 0.29) is 5.92 Å². The van der Waals surface area contributed by atoms with Crippen molar-refractivity contribution in [3.05, 3.63) is 35.1 Å². The molecule has 82 valence electrons. The van der Waals surface area contributed by atoms with Crippen LogP contribution < -0.4 is 5.32 Å². The third-order valence-electron chi connectivity index (χ3n) is 2.55. The number of hydrogen-bond donors (Lipinski definition) is 1. The highest BCUT2D eigenvalue weighted by Crippen LogP contribution is 2.33. The van der Waals surface area contributed by atoms with Gasteiger partial charge in [-0.05, 0) is 17.7 Å². The van der Waals surface area contributed by atoms with E-state index in [0.29, 0.717) is 18.7 Å². The maximum atomic E-state index is 13.1. The molecule has 1 aromatic rings. The summed E-state index contributed by atoms with van der Waals surface area (Å²) in [7, 11) is 0. The SMILES string of the molecule is Fc1cc(C2CNC2)ccc1C(F)(F)F. The van der Waals surface area contributed by atoms with Crippen molar-refractivity contribution >= 4 is 0 Å². The van der Waals surface area contributed by atoms with E-state index in [1.807, 2.05) is 0 Å². The molecule has 0 atom stereocenters. The lowest BCUT2D eigenvalue weighted by Gasteiger charge is -2.27. The molecule has 1 nitrogen and oxygen atoms in total. The fourth-order valence-corrected chi connectivity index (χ4v) is 1.54. The standard InChI is InChI=1S/C10H9F4N/c11-9-3-6(7-4-15-5-7)1-2-8(9)10(12,13)14/h1-3,7,15H,4-5H2. The Hall–Kier alpha value is -1.10. The summed E-state index contributed by atoms with van der Waals surface area (Å²) >= 11 is 0. The number of halogens is 4. The summed E-state index contributed by atoms with van der Waals surface area (Å²) in [6.45, 7) is 1.40. The zero-order valence-electron chi connectivity index (χ0n) is 7.74. The summed E-state index contributed by atoms with van der Waals surface area (Å²) in [6.07, 6.45) is -4.61. The minimum absolute atomic E-state index is 0.141. The number of hydrogen-bond acceptors (Lipinski definition) is 1. The predicted molar refractivity (Wildman–Crippen MR) is 47.0 cm³/mol. The average molecular weight is 219 g/mol. The largest absolute Gasteiger partial charge is 0.419 e. The quantitative estimate of drug-likeness (QED) is 0.715. The molecule has 0 bridgehead atoms. The molecule has 1 aliphatic heterocycles. The smallest absolute Gasteiger partial charge is 0.315 e. The van der Waals surface area contributed by atoms with Crippen LogP contribution in [0.3, 0.4) is 0 Å². The zero-order valence-corrected chi connectivity index (χ0v) is 7.74. The molecular weight excluding hydrogens is 210 g/mol. The number of nitrogens with one attached hydrogen (secondary N) is 1. The predicted octanol–water partition coefficient (Wildman–Crippen LogP) is 2.53. The molecule has 2 rings (SSSR count). The minimum atomic E-state index is -4.61. The molecule has 5 heteroatoms. The van der Waals surface area contributed by atoms with Gasteiger partial charge in [-0.25, -0.2) is 4.39 Å². The first-order valence-electron chi connectivity index (χ1n) is 4.56. The number of benzene rings is 1. The second-order valence-electron chi connectivity index (χ2n) is 3.59. The van der Waals surface area contributed by atoms with Crippen LogP contribution in [0.25, 0.3) is 0 Å². The van der Waals surface area contributed by atoms with Gasteiger partial charge in [-0.15, -0.1) is 0 Å². The molecule has 0 radical (unpaired) electrons. The van der Waals surface area contributed by atoms with Gasteiger partial charge in [-0.3, -0.25) is 0 Å². The van der Waals surface area contributed by atoms with Crippen LogP contribution in [0.2, 0.25) is 0 Å². The van der Waals surface area contributed by atoms with Crippen molar-refractivity contribution in [3.63, 3.8) is 0 Å². The van der Waals surface area contributed by atoms with Crippen LogP contribution in [0, 0.1) is 5.82 Å². The maximum absolute atomic E-state index is 13.1. The van der Waals surface area contributed by atoms with E-state index in [9.17, 15) is 17.6 Å². The molecule has 15 heavy (non-hydrogen) atoms. The topological polar surface area (TPSA) is 12.0 Å². The van der Waals surface area contributed by atoms with Crippen LogP contribution in [0.1, 0.15) is 17.0 Å². The van der Waals surface area contributed by atoms with E-state index in [1.54, 1.807) is 0 Å². The van der Waals surface area contributed by atoms with Gasteiger partial charge in [-0.1, -0.05) is 6.07 Å². The fraction of sp³-hybridized carbons (Fsp3) is 0.400. The Morgan fingerprint density at radius 3 is 2.27 bits per heavy atom. The van der Waals surface area contributed by atoms with Gasteiger partial charge in [0, 0.05) is 19.0 Å². The van der Waals surface area contributed by atoms with Gasteiger partial charge in [0.25, 0.3) is 0 Å². The Bertz CT molecular complexity index is 368. The van der Waals surface area contributed by atoms with Gasteiger partial charge in [0.1, 0.15) is 5.82 Å². The number of rotatable bonds is 1. The molecule has 0 saturated carbocycles. The highest BCUT2D eigenvalue weighted by atomic mass is 19.4. The molecule has 0 unspecified atom stereocenters. The molecule has 0 aromatic heterocycles. The summed E-state index contributed by atoms with van der Waals surface area (Å²) in [6, 6.07) is 3.13. The Kier molecular flexibility index (Phi) is 2.42. The van der Waals surface area contributed by atoms with Gasteiger partial charge >= 0.3 is 6.18 Å². The molecular formula is C10H9F4N. The van der Waals surface area contributed by atoms with E-state index in [2.05, 4.69) is 5.32 Å². The molecule has 1 aliphatic rings. The molecule has 0 aliphatic carbocycles. The summed E-state index contributed by atoms with van der Waals surface area (Å²) in [5.74, 6) is -1.05. The monoisotopic (exact) mass is 219 g/mol. The van der Waals surface area contributed by atoms with Crippen molar-refractivity contribution in [3.8, 4) is 0 Å². The second kappa shape index (κ2) is 3.48. The molecule has 0 amide bonds. The first-order valence-corrected chi connectivity index (χ1v) is 4.56. The lowest BCUT2D eigenvalue weighted by molar-refractivity contribution is -0.140. The van der Waals surface area contributed by atoms with E-state index < -0.39 is 17.6 Å². The lowest BCUT2D eigenvalue weighted by Crippen LogP contribution is -2.39. The van der Waals surface area contributed by atoms with E-state index in [0.717, 1.165) is 12.1 Å². The van der Waals surface area contributed by atoms with E-state index in [1.165, 1.54) is 6.07 Å². The van der Waals surface area contributed by atoms with Crippen molar-refractivity contribution in [1.82, 2.24) is 5.32 Å². The van der Waals surface area contributed by atoms with Crippen LogP contribution in [0.4, 0.5) is 17.6 Å². The fourth-order valence-electron chi connectivity index (χ4n) is 1.54. The zero-order chi connectivity index (χ0) is 11.1. The van der Waals surface area contributed by atoms with Crippen molar-refractivity contribution in [2.24, 2.45) is 0 Å². The Morgan fingerprint density at radius 1 is 1.20 bits per heavy atom. The van der Waals surface area contributed by atoms with Crippen LogP contribution in [0.15, 0.2) is 18.2 Å². The van der Waals surface area contributed by atoms with Crippen molar-refractivity contribution in [2.75, 3.05) is 13.1 Å². The van der Waals surface area contributed by atoms with Crippen LogP contribution in [-0.4, -0.2) is 13.1 Å². The first-order chi connectivity index (χ1) is 6.98. The van der Waals surface area contributed by atoms with Crippen molar-refractivity contribution < 1.29 is 17.6 Å². The minimum Gasteiger partial charge on any atom is -0.315 e. The van der Waals surface area contributed by atoms with E-state index >= 15 is 0 Å². The lowest BCUT2D eigenvalue weighted by atomic mass is 9.93. The van der Waals surface area contributed by atoms with Crippen molar-refractivity contribution in [1.29, 1.82) is 0 Å². The summed E-state index contributed by atoms with van der Waals surface area (Å²) in [5, 5.41) is 2.98. The Morgan fingerprint density at radius 2 is 1.87 bits per heavy atom. The summed E-state index contributed by atoms with van der Waals surface area (Å²) < 4.78 is 49.8. The third kappa shape index (κ3) is 1.97. The van der Waals surface area contributed by atoms with Crippen LogP contribution >= 0.6 is 0 Å². The van der Waals surface area contributed by atoms with Crippen LogP contribution in [-0.2, 0) is 6.18 Å². The second-order valence-corrected chi connectivity index (χ2v) is 3.59. The van der Waals surface area contributed by atoms with Gasteiger partial charge in [-0.2, -0.15) is 13.2 Å². The van der Waals surface area contributed by atoms with Crippen molar-refractivity contribution in [2.45, 2.75) is 12.1 Å². The summed E-state index contributed by atoms with van der Waals surface area (Å²) in [5.41, 5.74) is -0.571. The van der Waals surface area contributed by atoms with Gasteiger partial charge in [0.15, 0.2) is 0 Å². The molecule has 1 saturated heterocycles. The molecule has 1 fully saturated rings. The van der Waals surface area contributed by atoms with Crippen LogP contribution in [0.5, 0.6) is 0 Å². The van der Waals surface area contributed by atoms with Gasteiger partial charge < -0.3 is 5.32 Å². The van der Waals surface area contributed by atoms with E-state index in [4.69, 9.17) is 0 Å². The Labute approximate surface area is 84.1 Å². The molecule has 0 spiro atoms.